The van der Waals surface area contributed by atoms with Crippen LogP contribution in [0.25, 0.3) is 0 Å². The molecule has 82 valence electrons. The summed E-state index contributed by atoms with van der Waals surface area (Å²) in [6, 6.07) is 9.64. The van der Waals surface area contributed by atoms with E-state index in [2.05, 4.69) is 16.9 Å². The summed E-state index contributed by atoms with van der Waals surface area (Å²) in [5.74, 6) is 1.40. The van der Waals surface area contributed by atoms with E-state index in [4.69, 9.17) is 4.74 Å². The van der Waals surface area contributed by atoms with Crippen LogP contribution in [0.5, 0.6) is 11.6 Å². The summed E-state index contributed by atoms with van der Waals surface area (Å²) < 4.78 is 5.69. The van der Waals surface area contributed by atoms with Crippen LogP contribution in [0.1, 0.15) is 19.0 Å². The standard InChI is InChI=1S/C13H14N2O/c1-2-6-12-13(15-10-9-14-12)16-11-7-4-3-5-8-11/h3-5,7-10H,2,6H2,1H3. The zero-order valence-corrected chi connectivity index (χ0v) is 9.26. The molecule has 1 aromatic carbocycles. The number of ether oxygens (including phenoxy) is 1. The molecule has 0 radical (unpaired) electrons. The minimum Gasteiger partial charge on any atom is -0.437 e. The van der Waals surface area contributed by atoms with Gasteiger partial charge in [-0.3, -0.25) is 4.98 Å². The zero-order valence-electron chi connectivity index (χ0n) is 9.26. The van der Waals surface area contributed by atoms with Crippen molar-refractivity contribution in [1.82, 2.24) is 9.97 Å². The van der Waals surface area contributed by atoms with Crippen LogP contribution >= 0.6 is 0 Å². The maximum atomic E-state index is 5.69. The van der Waals surface area contributed by atoms with Gasteiger partial charge in [0.05, 0.1) is 0 Å². The first-order valence-corrected chi connectivity index (χ1v) is 5.43. The predicted molar refractivity (Wildman–Crippen MR) is 62.5 cm³/mol. The number of aromatic nitrogens is 2. The molecule has 2 rings (SSSR count). The molecule has 0 N–H and O–H groups in total. The van der Waals surface area contributed by atoms with Crippen LogP contribution in [-0.4, -0.2) is 9.97 Å². The Morgan fingerprint density at radius 1 is 1.06 bits per heavy atom. The topological polar surface area (TPSA) is 35.0 Å². The van der Waals surface area contributed by atoms with Gasteiger partial charge in [-0.25, -0.2) is 4.98 Å². The van der Waals surface area contributed by atoms with E-state index in [1.807, 2.05) is 30.3 Å². The summed E-state index contributed by atoms with van der Waals surface area (Å²) in [5.41, 5.74) is 0.911. The fourth-order valence-electron chi connectivity index (χ4n) is 1.45. The van der Waals surface area contributed by atoms with Gasteiger partial charge in [-0.15, -0.1) is 0 Å². The quantitative estimate of drug-likeness (QED) is 0.783. The highest BCUT2D eigenvalue weighted by Gasteiger charge is 2.05. The summed E-state index contributed by atoms with van der Waals surface area (Å²) in [6.45, 7) is 2.11. The van der Waals surface area contributed by atoms with E-state index >= 15 is 0 Å². The van der Waals surface area contributed by atoms with Crippen molar-refractivity contribution in [2.75, 3.05) is 0 Å². The Labute approximate surface area is 95.1 Å². The number of hydrogen-bond donors (Lipinski definition) is 0. The van der Waals surface area contributed by atoms with Crippen LogP contribution in [-0.2, 0) is 6.42 Å². The van der Waals surface area contributed by atoms with Crippen molar-refractivity contribution in [3.8, 4) is 11.6 Å². The molecule has 0 atom stereocenters. The van der Waals surface area contributed by atoms with Gasteiger partial charge in [0.2, 0.25) is 5.88 Å². The minimum absolute atomic E-state index is 0.607. The van der Waals surface area contributed by atoms with Crippen molar-refractivity contribution in [3.63, 3.8) is 0 Å². The third kappa shape index (κ3) is 2.57. The van der Waals surface area contributed by atoms with Crippen LogP contribution in [0.2, 0.25) is 0 Å². The van der Waals surface area contributed by atoms with Gasteiger partial charge in [0, 0.05) is 12.4 Å². The third-order valence-electron chi connectivity index (χ3n) is 2.18. The summed E-state index contributed by atoms with van der Waals surface area (Å²) in [4.78, 5) is 8.48. The van der Waals surface area contributed by atoms with E-state index in [0.29, 0.717) is 5.88 Å². The molecule has 1 aromatic heterocycles. The lowest BCUT2D eigenvalue weighted by molar-refractivity contribution is 0.451. The van der Waals surface area contributed by atoms with Crippen LogP contribution in [0.3, 0.4) is 0 Å². The van der Waals surface area contributed by atoms with Gasteiger partial charge >= 0.3 is 0 Å². The maximum absolute atomic E-state index is 5.69. The fourth-order valence-corrected chi connectivity index (χ4v) is 1.45. The van der Waals surface area contributed by atoms with Crippen molar-refractivity contribution in [3.05, 3.63) is 48.4 Å². The molecule has 16 heavy (non-hydrogen) atoms. The molecule has 0 fully saturated rings. The summed E-state index contributed by atoms with van der Waals surface area (Å²) in [5, 5.41) is 0. The van der Waals surface area contributed by atoms with E-state index in [-0.39, 0.29) is 0 Å². The van der Waals surface area contributed by atoms with Gasteiger partial charge in [0.15, 0.2) is 0 Å². The van der Waals surface area contributed by atoms with Gasteiger partial charge in [-0.2, -0.15) is 0 Å². The lowest BCUT2D eigenvalue weighted by Gasteiger charge is -2.07. The Bertz CT molecular complexity index is 443. The molecule has 3 heteroatoms. The summed E-state index contributed by atoms with van der Waals surface area (Å²) in [6.07, 6.45) is 5.26. The van der Waals surface area contributed by atoms with Crippen LogP contribution < -0.4 is 4.74 Å². The highest BCUT2D eigenvalue weighted by Crippen LogP contribution is 2.21. The molecule has 0 bridgehead atoms. The molecular formula is C13H14N2O. The highest BCUT2D eigenvalue weighted by atomic mass is 16.5. The molecule has 0 spiro atoms. The van der Waals surface area contributed by atoms with Crippen molar-refractivity contribution in [1.29, 1.82) is 0 Å². The Kier molecular flexibility index (Phi) is 3.49. The Morgan fingerprint density at radius 3 is 2.56 bits per heavy atom. The van der Waals surface area contributed by atoms with Crippen LogP contribution in [0.15, 0.2) is 42.7 Å². The number of aryl methyl sites for hydroxylation is 1. The average Bonchev–Trinajstić information content (AvgIpc) is 2.33. The normalized spacial score (nSPS) is 10.1. The van der Waals surface area contributed by atoms with Gasteiger partial charge in [-0.05, 0) is 18.6 Å². The van der Waals surface area contributed by atoms with Crippen molar-refractivity contribution in [2.24, 2.45) is 0 Å². The molecule has 0 aliphatic heterocycles. The van der Waals surface area contributed by atoms with E-state index in [0.717, 1.165) is 24.3 Å². The second-order valence-electron chi connectivity index (χ2n) is 3.47. The van der Waals surface area contributed by atoms with Crippen LogP contribution in [0.4, 0.5) is 0 Å². The van der Waals surface area contributed by atoms with E-state index in [1.54, 1.807) is 12.4 Å². The molecule has 0 aliphatic carbocycles. The molecule has 2 aromatic rings. The SMILES string of the molecule is CCCc1nccnc1Oc1ccccc1. The van der Waals surface area contributed by atoms with Gasteiger partial charge < -0.3 is 4.74 Å². The fraction of sp³-hybridized carbons (Fsp3) is 0.231. The van der Waals surface area contributed by atoms with Gasteiger partial charge in [-0.1, -0.05) is 31.5 Å². The maximum Gasteiger partial charge on any atom is 0.241 e. The lowest BCUT2D eigenvalue weighted by Crippen LogP contribution is -1.97. The number of hydrogen-bond acceptors (Lipinski definition) is 3. The van der Waals surface area contributed by atoms with Crippen molar-refractivity contribution in [2.45, 2.75) is 19.8 Å². The average molecular weight is 214 g/mol. The van der Waals surface area contributed by atoms with Crippen molar-refractivity contribution >= 4 is 0 Å². The number of benzene rings is 1. The summed E-state index contributed by atoms with van der Waals surface area (Å²) in [7, 11) is 0. The Morgan fingerprint density at radius 2 is 1.81 bits per heavy atom. The molecule has 0 saturated heterocycles. The van der Waals surface area contributed by atoms with Crippen LogP contribution in [0, 0.1) is 0 Å². The molecule has 0 amide bonds. The van der Waals surface area contributed by atoms with Gasteiger partial charge in [0.1, 0.15) is 11.4 Å². The third-order valence-corrected chi connectivity index (χ3v) is 2.18. The number of nitrogens with zero attached hydrogens (tertiary/aromatic N) is 2. The minimum atomic E-state index is 0.607. The molecule has 0 unspecified atom stereocenters. The first-order chi connectivity index (χ1) is 7.90. The molecular weight excluding hydrogens is 200 g/mol. The Hall–Kier alpha value is -1.90. The monoisotopic (exact) mass is 214 g/mol. The van der Waals surface area contributed by atoms with E-state index in [9.17, 15) is 0 Å². The van der Waals surface area contributed by atoms with Gasteiger partial charge in [0.25, 0.3) is 0 Å². The first-order valence-electron chi connectivity index (χ1n) is 5.43. The zero-order chi connectivity index (χ0) is 11.2. The largest absolute Gasteiger partial charge is 0.437 e. The smallest absolute Gasteiger partial charge is 0.241 e. The first kappa shape index (κ1) is 10.6. The predicted octanol–water partition coefficient (Wildman–Crippen LogP) is 3.22. The number of para-hydroxylation sites is 1. The lowest BCUT2D eigenvalue weighted by atomic mass is 10.2. The second kappa shape index (κ2) is 5.26. The van der Waals surface area contributed by atoms with E-state index < -0.39 is 0 Å². The molecule has 3 nitrogen and oxygen atoms in total. The second-order valence-corrected chi connectivity index (χ2v) is 3.47. The molecule has 0 saturated carbocycles. The molecule has 1 heterocycles. The number of rotatable bonds is 4. The molecule has 0 aliphatic rings. The summed E-state index contributed by atoms with van der Waals surface area (Å²) >= 11 is 0. The Balaban J connectivity index is 2.21. The van der Waals surface area contributed by atoms with E-state index in [1.165, 1.54) is 0 Å². The highest BCUT2D eigenvalue weighted by molar-refractivity contribution is 5.28. The van der Waals surface area contributed by atoms with Crippen molar-refractivity contribution < 1.29 is 4.74 Å².